The molecule has 0 aliphatic carbocycles. The van der Waals surface area contributed by atoms with E-state index in [4.69, 9.17) is 4.74 Å². The molecular weight excluding hydrogens is 346 g/mol. The van der Waals surface area contributed by atoms with Crippen molar-refractivity contribution in [2.24, 2.45) is 4.99 Å². The Labute approximate surface area is 158 Å². The average molecular weight is 371 g/mol. The van der Waals surface area contributed by atoms with Gasteiger partial charge in [0.1, 0.15) is 11.4 Å². The Bertz CT molecular complexity index is 779. The zero-order valence-electron chi connectivity index (χ0n) is 15.6. The highest BCUT2D eigenvalue weighted by Crippen LogP contribution is 2.22. The molecule has 0 aliphatic heterocycles. The normalized spacial score (nSPS) is 11.0. The molecule has 8 heteroatoms. The molecule has 2 aromatic carbocycles. The maximum Gasteiger partial charge on any atom is 0.292 e. The van der Waals surface area contributed by atoms with E-state index in [1.165, 1.54) is 6.07 Å². The molecule has 2 aromatic rings. The number of nitrogens with one attached hydrogen (secondary N) is 3. The second-order valence-electron chi connectivity index (χ2n) is 5.69. The molecule has 8 nitrogen and oxygen atoms in total. The number of nitro groups is 1. The number of hydrogen-bond donors (Lipinski definition) is 3. The minimum absolute atomic E-state index is 0.0665. The van der Waals surface area contributed by atoms with Gasteiger partial charge in [0.25, 0.3) is 5.69 Å². The molecule has 144 valence electrons. The molecule has 27 heavy (non-hydrogen) atoms. The Morgan fingerprint density at radius 3 is 2.52 bits per heavy atom. The first kappa shape index (κ1) is 20.0. The Morgan fingerprint density at radius 2 is 1.78 bits per heavy atom. The van der Waals surface area contributed by atoms with Gasteiger partial charge in [-0.1, -0.05) is 30.3 Å². The van der Waals surface area contributed by atoms with Crippen LogP contribution >= 0.6 is 0 Å². The summed E-state index contributed by atoms with van der Waals surface area (Å²) < 4.78 is 5.35. The maximum absolute atomic E-state index is 11.0. The van der Waals surface area contributed by atoms with E-state index in [0.717, 1.165) is 17.7 Å². The highest BCUT2D eigenvalue weighted by atomic mass is 16.6. The Hall–Kier alpha value is -3.29. The predicted molar refractivity (Wildman–Crippen MR) is 108 cm³/mol. The molecule has 0 amide bonds. The summed E-state index contributed by atoms with van der Waals surface area (Å²) in [5.41, 5.74) is 1.70. The third-order valence-electron chi connectivity index (χ3n) is 3.94. The average Bonchev–Trinajstić information content (AvgIpc) is 2.70. The summed E-state index contributed by atoms with van der Waals surface area (Å²) in [6.07, 6.45) is 0.805. The zero-order valence-corrected chi connectivity index (χ0v) is 15.6. The van der Waals surface area contributed by atoms with Crippen molar-refractivity contribution in [2.45, 2.75) is 6.42 Å². The van der Waals surface area contributed by atoms with E-state index in [-0.39, 0.29) is 5.69 Å². The first-order valence-corrected chi connectivity index (χ1v) is 8.69. The third-order valence-corrected chi connectivity index (χ3v) is 3.94. The molecule has 2 rings (SSSR count). The van der Waals surface area contributed by atoms with Gasteiger partial charge in [-0.25, -0.2) is 0 Å². The largest absolute Gasteiger partial charge is 0.496 e. The van der Waals surface area contributed by atoms with E-state index in [0.29, 0.717) is 31.3 Å². The van der Waals surface area contributed by atoms with Crippen LogP contribution in [-0.4, -0.2) is 44.7 Å². The van der Waals surface area contributed by atoms with Crippen LogP contribution in [0.2, 0.25) is 0 Å². The summed E-state index contributed by atoms with van der Waals surface area (Å²) in [5.74, 6) is 1.55. The molecule has 0 aromatic heterocycles. The highest BCUT2D eigenvalue weighted by molar-refractivity contribution is 5.79. The quantitative estimate of drug-likeness (QED) is 0.206. The lowest BCUT2D eigenvalue weighted by atomic mass is 10.1. The number of rotatable bonds is 9. The summed E-state index contributed by atoms with van der Waals surface area (Å²) in [5, 5.41) is 20.5. The minimum Gasteiger partial charge on any atom is -0.496 e. The van der Waals surface area contributed by atoms with Crippen LogP contribution in [0, 0.1) is 10.1 Å². The standard InChI is InChI=1S/C19H25N5O3/c1-20-19(22-12-11-15-7-3-6-10-18(15)27-2)23-14-13-21-16-8-4-5-9-17(16)24(25)26/h3-10,21H,11-14H2,1-2H3,(H2,20,22,23). The lowest BCUT2D eigenvalue weighted by Crippen LogP contribution is -2.40. The van der Waals surface area contributed by atoms with Crippen molar-refractivity contribution in [2.75, 3.05) is 39.1 Å². The fourth-order valence-corrected chi connectivity index (χ4v) is 2.61. The number of benzene rings is 2. The predicted octanol–water partition coefficient (Wildman–Crippen LogP) is 2.42. The van der Waals surface area contributed by atoms with E-state index in [1.807, 2.05) is 24.3 Å². The summed E-state index contributed by atoms with van der Waals surface area (Å²) in [6.45, 7) is 1.80. The third kappa shape index (κ3) is 6.18. The SMILES string of the molecule is CN=C(NCCNc1ccccc1[N+](=O)[O-])NCCc1ccccc1OC. The molecule has 0 bridgehead atoms. The van der Waals surface area contributed by atoms with Crippen LogP contribution in [0.3, 0.4) is 0 Å². The summed E-state index contributed by atoms with van der Waals surface area (Å²) in [6, 6.07) is 14.5. The lowest BCUT2D eigenvalue weighted by molar-refractivity contribution is -0.384. The first-order valence-electron chi connectivity index (χ1n) is 8.69. The monoisotopic (exact) mass is 371 g/mol. The van der Waals surface area contributed by atoms with Crippen LogP contribution in [0.5, 0.6) is 5.75 Å². The second-order valence-corrected chi connectivity index (χ2v) is 5.69. The van der Waals surface area contributed by atoms with E-state index in [9.17, 15) is 10.1 Å². The number of methoxy groups -OCH3 is 1. The molecule has 0 saturated heterocycles. The van der Waals surface area contributed by atoms with Gasteiger partial charge in [-0.15, -0.1) is 0 Å². The van der Waals surface area contributed by atoms with Crippen molar-refractivity contribution in [3.63, 3.8) is 0 Å². The van der Waals surface area contributed by atoms with Gasteiger partial charge < -0.3 is 20.7 Å². The zero-order chi connectivity index (χ0) is 19.5. The van der Waals surface area contributed by atoms with Gasteiger partial charge in [-0.2, -0.15) is 0 Å². The van der Waals surface area contributed by atoms with Gasteiger partial charge in [0.15, 0.2) is 5.96 Å². The van der Waals surface area contributed by atoms with Crippen molar-refractivity contribution in [1.82, 2.24) is 10.6 Å². The Kier molecular flexibility index (Phi) is 7.90. The van der Waals surface area contributed by atoms with Crippen LogP contribution in [0.4, 0.5) is 11.4 Å². The van der Waals surface area contributed by atoms with Crippen molar-refractivity contribution in [1.29, 1.82) is 0 Å². The Balaban J connectivity index is 1.74. The van der Waals surface area contributed by atoms with Crippen LogP contribution in [0.1, 0.15) is 5.56 Å². The fourth-order valence-electron chi connectivity index (χ4n) is 2.61. The Morgan fingerprint density at radius 1 is 1.07 bits per heavy atom. The van der Waals surface area contributed by atoms with Crippen LogP contribution < -0.4 is 20.7 Å². The van der Waals surface area contributed by atoms with Gasteiger partial charge in [0.2, 0.25) is 0 Å². The van der Waals surface area contributed by atoms with Gasteiger partial charge in [0, 0.05) is 32.7 Å². The summed E-state index contributed by atoms with van der Waals surface area (Å²) in [7, 11) is 3.37. The topological polar surface area (TPSA) is 101 Å². The van der Waals surface area contributed by atoms with Gasteiger partial charge >= 0.3 is 0 Å². The van der Waals surface area contributed by atoms with Gasteiger partial charge in [-0.3, -0.25) is 15.1 Å². The molecule has 0 spiro atoms. The lowest BCUT2D eigenvalue weighted by Gasteiger charge is -2.13. The molecule has 0 aliphatic rings. The molecule has 3 N–H and O–H groups in total. The summed E-state index contributed by atoms with van der Waals surface area (Å²) >= 11 is 0. The fraction of sp³-hybridized carbons (Fsp3) is 0.316. The number of nitro benzene ring substituents is 1. The van der Waals surface area contributed by atoms with Gasteiger partial charge in [-0.05, 0) is 24.1 Å². The van der Waals surface area contributed by atoms with Crippen LogP contribution in [0.15, 0.2) is 53.5 Å². The van der Waals surface area contributed by atoms with E-state index >= 15 is 0 Å². The summed E-state index contributed by atoms with van der Waals surface area (Å²) in [4.78, 5) is 14.8. The van der Waals surface area contributed by atoms with Crippen molar-refractivity contribution in [3.05, 3.63) is 64.2 Å². The van der Waals surface area contributed by atoms with Gasteiger partial charge in [0.05, 0.1) is 12.0 Å². The van der Waals surface area contributed by atoms with E-state index in [1.54, 1.807) is 32.4 Å². The number of ether oxygens (including phenoxy) is 1. The number of anilines is 1. The molecule has 0 atom stereocenters. The molecular formula is C19H25N5O3. The number of para-hydroxylation sites is 3. The number of guanidine groups is 1. The molecule has 0 saturated carbocycles. The van der Waals surface area contributed by atoms with Crippen LogP contribution in [0.25, 0.3) is 0 Å². The smallest absolute Gasteiger partial charge is 0.292 e. The van der Waals surface area contributed by atoms with Crippen molar-refractivity contribution in [3.8, 4) is 5.75 Å². The van der Waals surface area contributed by atoms with Crippen molar-refractivity contribution >= 4 is 17.3 Å². The molecule has 0 fully saturated rings. The molecule has 0 radical (unpaired) electrons. The van der Waals surface area contributed by atoms with Crippen molar-refractivity contribution < 1.29 is 9.66 Å². The van der Waals surface area contributed by atoms with E-state index < -0.39 is 4.92 Å². The number of nitrogens with zero attached hydrogens (tertiary/aromatic N) is 2. The van der Waals surface area contributed by atoms with Crippen LogP contribution in [-0.2, 0) is 6.42 Å². The number of aliphatic imine (C=N–C) groups is 1. The highest BCUT2D eigenvalue weighted by Gasteiger charge is 2.11. The maximum atomic E-state index is 11.0. The molecule has 0 heterocycles. The first-order chi connectivity index (χ1) is 13.2. The van der Waals surface area contributed by atoms with E-state index in [2.05, 4.69) is 20.9 Å². The number of hydrogen-bond acceptors (Lipinski definition) is 5. The minimum atomic E-state index is -0.395. The molecule has 0 unspecified atom stereocenters. The second kappa shape index (κ2) is 10.6.